The smallest absolute Gasteiger partial charge is 0.128 e. The van der Waals surface area contributed by atoms with Crippen LogP contribution in [0.2, 0.25) is 0 Å². The van der Waals surface area contributed by atoms with E-state index >= 15 is 0 Å². The highest BCUT2D eigenvalue weighted by Crippen LogP contribution is 2.20. The summed E-state index contributed by atoms with van der Waals surface area (Å²) in [4.78, 5) is 2.36. The molecule has 1 fully saturated rings. The number of ether oxygens (including phenoxy) is 1. The summed E-state index contributed by atoms with van der Waals surface area (Å²) in [5, 5.41) is 3.32. The standard InChI is InChI=1S/C16H24F2N2O/c1-12(14-10-13(17)4-5-15(14)18)19-11-16(2,3)20-6-8-21-9-7-20/h4-5,10,12,19H,6-9,11H2,1-3H3. The summed E-state index contributed by atoms with van der Waals surface area (Å²) in [5.74, 6) is -0.784. The first-order chi connectivity index (χ1) is 9.90. The molecule has 118 valence electrons. The quantitative estimate of drug-likeness (QED) is 0.904. The lowest BCUT2D eigenvalue weighted by Crippen LogP contribution is -2.54. The van der Waals surface area contributed by atoms with Gasteiger partial charge in [-0.15, -0.1) is 0 Å². The Morgan fingerprint density at radius 1 is 1.29 bits per heavy atom. The third-order valence-electron chi connectivity index (χ3n) is 4.13. The number of benzene rings is 1. The number of halogens is 2. The molecule has 0 amide bonds. The Hall–Kier alpha value is -1.04. The summed E-state index contributed by atoms with van der Waals surface area (Å²) in [7, 11) is 0. The average molecular weight is 298 g/mol. The first kappa shape index (κ1) is 16.3. The second kappa shape index (κ2) is 6.81. The van der Waals surface area contributed by atoms with Crippen molar-refractivity contribution in [1.29, 1.82) is 0 Å². The monoisotopic (exact) mass is 298 g/mol. The molecule has 1 aromatic carbocycles. The molecule has 1 unspecified atom stereocenters. The van der Waals surface area contributed by atoms with Crippen LogP contribution in [0.4, 0.5) is 8.78 Å². The van der Waals surface area contributed by atoms with Gasteiger partial charge in [0, 0.05) is 36.8 Å². The fourth-order valence-corrected chi connectivity index (χ4v) is 2.64. The maximum absolute atomic E-state index is 13.8. The van der Waals surface area contributed by atoms with Crippen molar-refractivity contribution in [2.24, 2.45) is 0 Å². The Kier molecular flexibility index (Phi) is 5.30. The van der Waals surface area contributed by atoms with E-state index in [1.165, 1.54) is 12.1 Å². The lowest BCUT2D eigenvalue weighted by atomic mass is 10.0. The Morgan fingerprint density at radius 3 is 2.62 bits per heavy atom. The minimum Gasteiger partial charge on any atom is -0.379 e. The van der Waals surface area contributed by atoms with E-state index in [-0.39, 0.29) is 17.4 Å². The predicted molar refractivity (Wildman–Crippen MR) is 79.2 cm³/mol. The van der Waals surface area contributed by atoms with Crippen LogP contribution >= 0.6 is 0 Å². The van der Waals surface area contributed by atoms with Crippen molar-refractivity contribution in [3.05, 3.63) is 35.4 Å². The summed E-state index contributed by atoms with van der Waals surface area (Å²) in [6.07, 6.45) is 0. The van der Waals surface area contributed by atoms with E-state index in [1.807, 2.05) is 6.92 Å². The fourth-order valence-electron chi connectivity index (χ4n) is 2.64. The van der Waals surface area contributed by atoms with Gasteiger partial charge in [0.15, 0.2) is 0 Å². The normalized spacial score (nSPS) is 18.7. The third kappa shape index (κ3) is 4.22. The summed E-state index contributed by atoms with van der Waals surface area (Å²) in [6.45, 7) is 10.2. The second-order valence-electron chi connectivity index (χ2n) is 6.18. The van der Waals surface area contributed by atoms with Crippen molar-refractivity contribution in [3.63, 3.8) is 0 Å². The third-order valence-corrected chi connectivity index (χ3v) is 4.13. The topological polar surface area (TPSA) is 24.5 Å². The average Bonchev–Trinajstić information content (AvgIpc) is 2.48. The van der Waals surface area contributed by atoms with Crippen molar-refractivity contribution in [2.75, 3.05) is 32.8 Å². The summed E-state index contributed by atoms with van der Waals surface area (Å²) < 4.78 is 32.4. The lowest BCUT2D eigenvalue weighted by Gasteiger charge is -2.41. The Labute approximate surface area is 125 Å². The van der Waals surface area contributed by atoms with Crippen molar-refractivity contribution < 1.29 is 13.5 Å². The molecule has 0 aromatic heterocycles. The van der Waals surface area contributed by atoms with Gasteiger partial charge in [0.2, 0.25) is 0 Å². The summed E-state index contributed by atoms with van der Waals surface area (Å²) in [5.41, 5.74) is 0.315. The van der Waals surface area contributed by atoms with Crippen molar-refractivity contribution in [3.8, 4) is 0 Å². The van der Waals surface area contributed by atoms with E-state index in [2.05, 4.69) is 24.1 Å². The molecule has 5 heteroatoms. The SMILES string of the molecule is CC(NCC(C)(C)N1CCOCC1)c1cc(F)ccc1F. The molecule has 21 heavy (non-hydrogen) atoms. The molecule has 0 spiro atoms. The second-order valence-corrected chi connectivity index (χ2v) is 6.18. The van der Waals surface area contributed by atoms with Crippen LogP contribution in [0.1, 0.15) is 32.4 Å². The fraction of sp³-hybridized carbons (Fsp3) is 0.625. The molecule has 2 rings (SSSR count). The number of nitrogens with zero attached hydrogens (tertiary/aromatic N) is 1. The molecule has 1 heterocycles. The minimum atomic E-state index is -0.410. The minimum absolute atomic E-state index is 0.0537. The highest BCUT2D eigenvalue weighted by molar-refractivity contribution is 5.21. The summed E-state index contributed by atoms with van der Waals surface area (Å²) >= 11 is 0. The molecule has 1 aliphatic rings. The maximum Gasteiger partial charge on any atom is 0.128 e. The van der Waals surface area contributed by atoms with Gasteiger partial charge in [0.1, 0.15) is 11.6 Å². The number of nitrogens with one attached hydrogen (secondary N) is 1. The number of rotatable bonds is 5. The zero-order chi connectivity index (χ0) is 15.5. The van der Waals surface area contributed by atoms with Gasteiger partial charge in [0.25, 0.3) is 0 Å². The van der Waals surface area contributed by atoms with Crippen LogP contribution in [0.15, 0.2) is 18.2 Å². The van der Waals surface area contributed by atoms with Crippen molar-refractivity contribution in [2.45, 2.75) is 32.4 Å². The van der Waals surface area contributed by atoms with Crippen molar-refractivity contribution >= 4 is 0 Å². The molecule has 0 radical (unpaired) electrons. The molecular weight excluding hydrogens is 274 g/mol. The number of hydrogen-bond donors (Lipinski definition) is 1. The molecule has 1 atom stereocenters. The van der Waals surface area contributed by atoms with Gasteiger partial charge in [-0.05, 0) is 39.0 Å². The van der Waals surface area contributed by atoms with Crippen LogP contribution in [0.3, 0.4) is 0 Å². The largest absolute Gasteiger partial charge is 0.379 e. The van der Waals surface area contributed by atoms with Gasteiger partial charge in [-0.3, -0.25) is 4.90 Å². The van der Waals surface area contributed by atoms with Gasteiger partial charge >= 0.3 is 0 Å². The molecule has 3 nitrogen and oxygen atoms in total. The predicted octanol–water partition coefficient (Wildman–Crippen LogP) is 2.73. The molecule has 1 aliphatic heterocycles. The summed E-state index contributed by atoms with van der Waals surface area (Å²) in [6, 6.07) is 3.34. The van der Waals surface area contributed by atoms with Crippen LogP contribution in [0.5, 0.6) is 0 Å². The molecule has 1 N–H and O–H groups in total. The van der Waals surface area contributed by atoms with Gasteiger partial charge in [0.05, 0.1) is 13.2 Å². The zero-order valence-corrected chi connectivity index (χ0v) is 13.0. The number of morpholine rings is 1. The Morgan fingerprint density at radius 2 is 1.95 bits per heavy atom. The maximum atomic E-state index is 13.8. The van der Waals surface area contributed by atoms with Crippen LogP contribution in [0, 0.1) is 11.6 Å². The van der Waals surface area contributed by atoms with Gasteiger partial charge in [-0.1, -0.05) is 0 Å². The molecule has 0 bridgehead atoms. The van der Waals surface area contributed by atoms with E-state index < -0.39 is 5.82 Å². The lowest BCUT2D eigenvalue weighted by molar-refractivity contribution is -0.0102. The molecule has 0 aliphatic carbocycles. The van der Waals surface area contributed by atoms with Gasteiger partial charge in [-0.25, -0.2) is 8.78 Å². The van der Waals surface area contributed by atoms with E-state index in [1.54, 1.807) is 0 Å². The van der Waals surface area contributed by atoms with E-state index in [4.69, 9.17) is 4.74 Å². The highest BCUT2D eigenvalue weighted by Gasteiger charge is 2.28. The van der Waals surface area contributed by atoms with E-state index in [9.17, 15) is 8.78 Å². The first-order valence-corrected chi connectivity index (χ1v) is 7.41. The van der Waals surface area contributed by atoms with E-state index in [0.29, 0.717) is 12.1 Å². The van der Waals surface area contributed by atoms with Crippen LogP contribution in [-0.4, -0.2) is 43.3 Å². The molecule has 1 aromatic rings. The molecule has 1 saturated heterocycles. The molecule has 0 saturated carbocycles. The first-order valence-electron chi connectivity index (χ1n) is 7.41. The van der Waals surface area contributed by atoms with Crippen LogP contribution in [-0.2, 0) is 4.74 Å². The van der Waals surface area contributed by atoms with Crippen LogP contribution < -0.4 is 5.32 Å². The number of hydrogen-bond acceptors (Lipinski definition) is 3. The van der Waals surface area contributed by atoms with E-state index in [0.717, 1.165) is 32.4 Å². The van der Waals surface area contributed by atoms with Crippen LogP contribution in [0.25, 0.3) is 0 Å². The molecular formula is C16H24F2N2O. The van der Waals surface area contributed by atoms with Gasteiger partial charge < -0.3 is 10.1 Å². The Bertz CT molecular complexity index is 473. The zero-order valence-electron chi connectivity index (χ0n) is 13.0. The Balaban J connectivity index is 1.96. The van der Waals surface area contributed by atoms with Gasteiger partial charge in [-0.2, -0.15) is 0 Å². The van der Waals surface area contributed by atoms with Crippen molar-refractivity contribution in [1.82, 2.24) is 10.2 Å². The highest BCUT2D eigenvalue weighted by atomic mass is 19.1.